The Balaban J connectivity index is 2.65. The third kappa shape index (κ3) is 2.12. The molecule has 0 atom stereocenters. The van der Waals surface area contributed by atoms with E-state index in [4.69, 9.17) is 11.5 Å². The highest BCUT2D eigenvalue weighted by molar-refractivity contribution is 8.13. The fourth-order valence-electron chi connectivity index (χ4n) is 1.54. The second-order valence-electron chi connectivity index (χ2n) is 3.41. The maximum absolute atomic E-state index is 5.77. The van der Waals surface area contributed by atoms with E-state index in [0.717, 1.165) is 22.1 Å². The van der Waals surface area contributed by atoms with Gasteiger partial charge in [-0.15, -0.1) is 0 Å². The molecule has 0 bridgehead atoms. The first-order valence-electron chi connectivity index (χ1n) is 4.87. The summed E-state index contributed by atoms with van der Waals surface area (Å²) in [6.45, 7) is 0. The predicted octanol–water partition coefficient (Wildman–Crippen LogP) is 2.73. The number of hydrogen-bond donors (Lipinski definition) is 2. The van der Waals surface area contributed by atoms with Crippen LogP contribution in [0.25, 0.3) is 10.8 Å². The quantitative estimate of drug-likeness (QED) is 0.450. The second kappa shape index (κ2) is 4.45. The Bertz CT molecular complexity index is 549. The molecule has 3 nitrogen and oxygen atoms in total. The van der Waals surface area contributed by atoms with E-state index in [9.17, 15) is 0 Å². The molecule has 0 saturated heterocycles. The van der Waals surface area contributed by atoms with Crippen LogP contribution in [0.1, 0.15) is 0 Å². The number of nitrogens with zero attached hydrogens (tertiary/aromatic N) is 1. The summed E-state index contributed by atoms with van der Waals surface area (Å²) in [5.41, 5.74) is 13.1. The lowest BCUT2D eigenvalue weighted by Gasteiger charge is -2.04. The van der Waals surface area contributed by atoms with Gasteiger partial charge in [0.1, 0.15) is 0 Å². The van der Waals surface area contributed by atoms with Gasteiger partial charge in [0.25, 0.3) is 0 Å². The maximum atomic E-state index is 5.77. The molecule has 0 radical (unpaired) electrons. The molecule has 2 aromatic carbocycles. The summed E-state index contributed by atoms with van der Waals surface area (Å²) < 4.78 is 0. The topological polar surface area (TPSA) is 64.4 Å². The zero-order valence-electron chi connectivity index (χ0n) is 8.97. The van der Waals surface area contributed by atoms with Gasteiger partial charge in [-0.05, 0) is 29.8 Å². The molecule has 2 aromatic rings. The van der Waals surface area contributed by atoms with Gasteiger partial charge in [0, 0.05) is 11.1 Å². The summed E-state index contributed by atoms with van der Waals surface area (Å²) in [5.74, 6) is 0. The zero-order chi connectivity index (χ0) is 11.5. The van der Waals surface area contributed by atoms with Crippen LogP contribution in [0.3, 0.4) is 0 Å². The molecule has 0 aliphatic carbocycles. The van der Waals surface area contributed by atoms with Crippen molar-refractivity contribution in [3.05, 3.63) is 36.4 Å². The fraction of sp³-hybridized carbons (Fsp3) is 0.0833. The van der Waals surface area contributed by atoms with Crippen LogP contribution in [0, 0.1) is 0 Å². The normalized spacial score (nSPS) is 11.9. The average Bonchev–Trinajstić information content (AvgIpc) is 2.29. The fourth-order valence-corrected chi connectivity index (χ4v) is 1.73. The highest BCUT2D eigenvalue weighted by atomic mass is 32.2. The standard InChI is InChI=1S/C12H13N3S/c1-16-12(14)15-11-4-2-3-8-5-6-9(13)7-10(8)11/h2-7H,13H2,1H3,(H2,14,15). The molecule has 82 valence electrons. The summed E-state index contributed by atoms with van der Waals surface area (Å²) in [4.78, 5) is 4.35. The number of nitrogen functional groups attached to an aromatic ring is 1. The molecule has 0 saturated carbocycles. The zero-order valence-corrected chi connectivity index (χ0v) is 9.79. The van der Waals surface area contributed by atoms with Gasteiger partial charge in [-0.3, -0.25) is 0 Å². The van der Waals surface area contributed by atoms with Crippen LogP contribution in [0.2, 0.25) is 0 Å². The van der Waals surface area contributed by atoms with Crippen molar-refractivity contribution in [1.29, 1.82) is 0 Å². The molecule has 16 heavy (non-hydrogen) atoms. The number of hydrogen-bond acceptors (Lipinski definition) is 3. The Morgan fingerprint density at radius 3 is 2.81 bits per heavy atom. The van der Waals surface area contributed by atoms with Crippen LogP contribution in [0.4, 0.5) is 11.4 Å². The number of thioether (sulfide) groups is 1. The number of fused-ring (bicyclic) bond motifs is 1. The van der Waals surface area contributed by atoms with Crippen molar-refractivity contribution in [2.24, 2.45) is 10.7 Å². The summed E-state index contributed by atoms with van der Waals surface area (Å²) in [7, 11) is 0. The Morgan fingerprint density at radius 2 is 2.06 bits per heavy atom. The van der Waals surface area contributed by atoms with Crippen LogP contribution >= 0.6 is 11.8 Å². The first-order chi connectivity index (χ1) is 7.70. The second-order valence-corrected chi connectivity index (χ2v) is 4.24. The number of anilines is 1. The molecular weight excluding hydrogens is 218 g/mol. The smallest absolute Gasteiger partial charge is 0.158 e. The molecule has 2 rings (SSSR count). The third-order valence-electron chi connectivity index (χ3n) is 2.32. The van der Waals surface area contributed by atoms with Crippen LogP contribution in [-0.2, 0) is 0 Å². The molecule has 0 aliphatic heterocycles. The van der Waals surface area contributed by atoms with Crippen molar-refractivity contribution < 1.29 is 0 Å². The molecule has 0 heterocycles. The minimum atomic E-state index is 0.551. The minimum absolute atomic E-state index is 0.551. The number of benzene rings is 2. The van der Waals surface area contributed by atoms with Crippen molar-refractivity contribution >= 4 is 39.1 Å². The van der Waals surface area contributed by atoms with Crippen molar-refractivity contribution in [3.63, 3.8) is 0 Å². The first kappa shape index (κ1) is 10.8. The van der Waals surface area contributed by atoms with Gasteiger partial charge in [0.05, 0.1) is 5.69 Å². The van der Waals surface area contributed by atoms with E-state index in [1.807, 2.05) is 42.7 Å². The summed E-state index contributed by atoms with van der Waals surface area (Å²) in [6.07, 6.45) is 1.90. The highest BCUT2D eigenvalue weighted by Gasteiger charge is 2.00. The van der Waals surface area contributed by atoms with Gasteiger partial charge in [-0.2, -0.15) is 0 Å². The Hall–Kier alpha value is -1.68. The van der Waals surface area contributed by atoms with Gasteiger partial charge in [-0.25, -0.2) is 4.99 Å². The summed E-state index contributed by atoms with van der Waals surface area (Å²) in [6, 6.07) is 11.7. The van der Waals surface area contributed by atoms with Crippen molar-refractivity contribution in [2.45, 2.75) is 0 Å². The van der Waals surface area contributed by atoms with E-state index in [1.54, 1.807) is 0 Å². The molecule has 0 aliphatic rings. The van der Waals surface area contributed by atoms with E-state index in [2.05, 4.69) is 4.99 Å². The Kier molecular flexibility index (Phi) is 3.01. The highest BCUT2D eigenvalue weighted by Crippen LogP contribution is 2.28. The summed E-state index contributed by atoms with van der Waals surface area (Å²) >= 11 is 1.43. The van der Waals surface area contributed by atoms with E-state index in [-0.39, 0.29) is 0 Å². The van der Waals surface area contributed by atoms with Gasteiger partial charge < -0.3 is 11.5 Å². The molecule has 4 heteroatoms. The van der Waals surface area contributed by atoms with Crippen LogP contribution in [-0.4, -0.2) is 11.4 Å². The average molecular weight is 231 g/mol. The maximum Gasteiger partial charge on any atom is 0.158 e. The van der Waals surface area contributed by atoms with Crippen molar-refractivity contribution in [2.75, 3.05) is 12.0 Å². The van der Waals surface area contributed by atoms with Crippen molar-refractivity contribution in [1.82, 2.24) is 0 Å². The lowest BCUT2D eigenvalue weighted by molar-refractivity contribution is 1.54. The SMILES string of the molecule is CS/C(N)=N\c1cccc2ccc(N)cc12. The largest absolute Gasteiger partial charge is 0.399 e. The molecule has 0 aromatic heterocycles. The third-order valence-corrected chi connectivity index (χ3v) is 2.83. The lowest BCUT2D eigenvalue weighted by Crippen LogP contribution is -2.04. The number of nitrogens with two attached hydrogens (primary N) is 2. The van der Waals surface area contributed by atoms with E-state index in [0.29, 0.717) is 5.17 Å². The number of rotatable bonds is 1. The Morgan fingerprint density at radius 1 is 1.25 bits per heavy atom. The minimum Gasteiger partial charge on any atom is -0.399 e. The van der Waals surface area contributed by atoms with Crippen LogP contribution < -0.4 is 11.5 Å². The summed E-state index contributed by atoms with van der Waals surface area (Å²) in [5, 5.41) is 2.69. The van der Waals surface area contributed by atoms with Gasteiger partial charge in [0.2, 0.25) is 0 Å². The number of aliphatic imine (C=N–C) groups is 1. The molecule has 0 spiro atoms. The van der Waals surface area contributed by atoms with Crippen molar-refractivity contribution in [3.8, 4) is 0 Å². The molecule has 0 unspecified atom stereocenters. The van der Waals surface area contributed by atoms with Gasteiger partial charge in [-0.1, -0.05) is 30.0 Å². The van der Waals surface area contributed by atoms with E-state index >= 15 is 0 Å². The van der Waals surface area contributed by atoms with Crippen LogP contribution in [0.5, 0.6) is 0 Å². The van der Waals surface area contributed by atoms with E-state index in [1.165, 1.54) is 11.8 Å². The number of amidine groups is 1. The van der Waals surface area contributed by atoms with Gasteiger partial charge in [0.15, 0.2) is 5.17 Å². The monoisotopic (exact) mass is 231 g/mol. The molecular formula is C12H13N3S. The Labute approximate surface area is 98.5 Å². The molecule has 4 N–H and O–H groups in total. The molecule has 0 amide bonds. The van der Waals surface area contributed by atoms with E-state index < -0.39 is 0 Å². The van der Waals surface area contributed by atoms with Crippen LogP contribution in [0.15, 0.2) is 41.4 Å². The lowest BCUT2D eigenvalue weighted by atomic mass is 10.1. The molecule has 0 fully saturated rings. The predicted molar refractivity (Wildman–Crippen MR) is 73.2 cm³/mol. The van der Waals surface area contributed by atoms with Gasteiger partial charge >= 0.3 is 0 Å². The first-order valence-corrected chi connectivity index (χ1v) is 6.09.